The van der Waals surface area contributed by atoms with Crippen LogP contribution in [0, 0.1) is 6.92 Å². The van der Waals surface area contributed by atoms with Gasteiger partial charge in [-0.05, 0) is 38.4 Å². The van der Waals surface area contributed by atoms with E-state index in [2.05, 4.69) is 19.2 Å². The highest BCUT2D eigenvalue weighted by Crippen LogP contribution is 2.24. The lowest BCUT2D eigenvalue weighted by Crippen LogP contribution is -2.19. The van der Waals surface area contributed by atoms with Crippen molar-refractivity contribution in [1.29, 1.82) is 0 Å². The first-order valence-corrected chi connectivity index (χ1v) is 5.18. The maximum atomic E-state index is 9.72. The normalized spacial score (nSPS) is 12.8. The summed E-state index contributed by atoms with van der Waals surface area (Å²) in [6.45, 7) is 7.16. The second-order valence-electron chi connectivity index (χ2n) is 3.74. The van der Waals surface area contributed by atoms with Gasteiger partial charge in [0, 0.05) is 11.6 Å². The number of hydrogen-bond acceptors (Lipinski definition) is 2. The summed E-state index contributed by atoms with van der Waals surface area (Å²) >= 11 is 0. The third kappa shape index (κ3) is 2.74. The SMILES string of the molecule is CCCNC(C)c1ccc(C)cc1O. The van der Waals surface area contributed by atoms with Crippen molar-refractivity contribution in [3.63, 3.8) is 0 Å². The predicted molar refractivity (Wildman–Crippen MR) is 59.6 cm³/mol. The number of phenols is 1. The molecule has 0 saturated heterocycles. The average Bonchev–Trinajstić information content (AvgIpc) is 2.14. The standard InChI is InChI=1S/C12H19NO/c1-4-7-13-10(3)11-6-5-9(2)8-12(11)14/h5-6,8,10,13-14H,4,7H2,1-3H3. The van der Waals surface area contributed by atoms with Crippen molar-refractivity contribution >= 4 is 0 Å². The van der Waals surface area contributed by atoms with Crippen molar-refractivity contribution in [2.24, 2.45) is 0 Å². The van der Waals surface area contributed by atoms with Gasteiger partial charge in [0.25, 0.3) is 0 Å². The molecule has 0 saturated carbocycles. The molecule has 0 aliphatic heterocycles. The lowest BCUT2D eigenvalue weighted by molar-refractivity contribution is 0.452. The summed E-state index contributed by atoms with van der Waals surface area (Å²) in [6, 6.07) is 6.03. The second kappa shape index (κ2) is 5.01. The van der Waals surface area contributed by atoms with E-state index in [1.165, 1.54) is 0 Å². The minimum atomic E-state index is 0.218. The van der Waals surface area contributed by atoms with E-state index in [1.807, 2.05) is 19.1 Å². The largest absolute Gasteiger partial charge is 0.508 e. The van der Waals surface area contributed by atoms with E-state index in [1.54, 1.807) is 6.07 Å². The topological polar surface area (TPSA) is 32.3 Å². The minimum Gasteiger partial charge on any atom is -0.508 e. The zero-order chi connectivity index (χ0) is 10.6. The number of phenolic OH excluding ortho intramolecular Hbond substituents is 1. The third-order valence-electron chi connectivity index (χ3n) is 2.35. The number of aryl methyl sites for hydroxylation is 1. The Bertz CT molecular complexity index is 296. The van der Waals surface area contributed by atoms with Crippen LogP contribution in [0.4, 0.5) is 0 Å². The summed E-state index contributed by atoms with van der Waals surface area (Å²) in [7, 11) is 0. The highest BCUT2D eigenvalue weighted by molar-refractivity contribution is 5.37. The average molecular weight is 193 g/mol. The molecule has 1 unspecified atom stereocenters. The van der Waals surface area contributed by atoms with Gasteiger partial charge < -0.3 is 10.4 Å². The van der Waals surface area contributed by atoms with Crippen molar-refractivity contribution in [1.82, 2.24) is 5.32 Å². The molecule has 78 valence electrons. The molecule has 2 heteroatoms. The molecule has 1 aromatic rings. The molecule has 2 nitrogen and oxygen atoms in total. The summed E-state index contributed by atoms with van der Waals surface area (Å²) in [6.07, 6.45) is 1.11. The Labute approximate surface area is 86.0 Å². The van der Waals surface area contributed by atoms with Crippen molar-refractivity contribution in [2.45, 2.75) is 33.2 Å². The van der Waals surface area contributed by atoms with Crippen molar-refractivity contribution in [3.8, 4) is 5.75 Å². The Balaban J connectivity index is 2.74. The van der Waals surface area contributed by atoms with Crippen LogP contribution in [-0.2, 0) is 0 Å². The number of hydrogen-bond donors (Lipinski definition) is 2. The highest BCUT2D eigenvalue weighted by atomic mass is 16.3. The molecule has 1 aromatic carbocycles. The summed E-state index contributed by atoms with van der Waals surface area (Å²) in [5.74, 6) is 0.390. The molecule has 0 bridgehead atoms. The highest BCUT2D eigenvalue weighted by Gasteiger charge is 2.08. The van der Waals surface area contributed by atoms with Gasteiger partial charge in [-0.3, -0.25) is 0 Å². The van der Waals surface area contributed by atoms with Gasteiger partial charge >= 0.3 is 0 Å². The zero-order valence-corrected chi connectivity index (χ0v) is 9.17. The van der Waals surface area contributed by atoms with Gasteiger partial charge in [0.1, 0.15) is 5.75 Å². The van der Waals surface area contributed by atoms with E-state index < -0.39 is 0 Å². The molecule has 0 fully saturated rings. The van der Waals surface area contributed by atoms with Gasteiger partial charge in [-0.15, -0.1) is 0 Å². The molecule has 0 radical (unpaired) electrons. The summed E-state index contributed by atoms with van der Waals surface area (Å²) < 4.78 is 0. The summed E-state index contributed by atoms with van der Waals surface area (Å²) in [5.41, 5.74) is 2.07. The predicted octanol–water partition coefficient (Wildman–Crippen LogP) is 2.76. The van der Waals surface area contributed by atoms with Crippen molar-refractivity contribution in [2.75, 3.05) is 6.54 Å². The van der Waals surface area contributed by atoms with Gasteiger partial charge in [-0.2, -0.15) is 0 Å². The van der Waals surface area contributed by atoms with Crippen molar-refractivity contribution in [3.05, 3.63) is 29.3 Å². The lowest BCUT2D eigenvalue weighted by Gasteiger charge is -2.15. The van der Waals surface area contributed by atoms with Gasteiger partial charge in [0.2, 0.25) is 0 Å². The van der Waals surface area contributed by atoms with Crippen LogP contribution in [0.15, 0.2) is 18.2 Å². The first kappa shape index (κ1) is 11.1. The Kier molecular flexibility index (Phi) is 3.96. The van der Waals surface area contributed by atoms with Crippen LogP contribution in [0.2, 0.25) is 0 Å². The fourth-order valence-electron chi connectivity index (χ4n) is 1.49. The van der Waals surface area contributed by atoms with Gasteiger partial charge in [0.05, 0.1) is 0 Å². The molecule has 2 N–H and O–H groups in total. The smallest absolute Gasteiger partial charge is 0.120 e. The maximum Gasteiger partial charge on any atom is 0.120 e. The van der Waals surface area contributed by atoms with E-state index >= 15 is 0 Å². The molecule has 0 aliphatic rings. The van der Waals surface area contributed by atoms with Gasteiger partial charge in [0.15, 0.2) is 0 Å². The van der Waals surface area contributed by atoms with Crippen LogP contribution in [0.3, 0.4) is 0 Å². The summed E-state index contributed by atoms with van der Waals surface area (Å²) in [4.78, 5) is 0. The summed E-state index contributed by atoms with van der Waals surface area (Å²) in [5, 5.41) is 13.1. The molecule has 0 heterocycles. The Morgan fingerprint density at radius 1 is 1.43 bits per heavy atom. The Morgan fingerprint density at radius 3 is 2.71 bits per heavy atom. The van der Waals surface area contributed by atoms with Crippen LogP contribution >= 0.6 is 0 Å². The van der Waals surface area contributed by atoms with Crippen molar-refractivity contribution < 1.29 is 5.11 Å². The Hall–Kier alpha value is -1.02. The number of aromatic hydroxyl groups is 1. The van der Waals surface area contributed by atoms with E-state index in [0.29, 0.717) is 5.75 Å². The molecule has 1 atom stereocenters. The molecule has 0 amide bonds. The number of rotatable bonds is 4. The van der Waals surface area contributed by atoms with Crippen LogP contribution in [0.25, 0.3) is 0 Å². The Morgan fingerprint density at radius 2 is 2.14 bits per heavy atom. The fourth-order valence-corrected chi connectivity index (χ4v) is 1.49. The number of benzene rings is 1. The van der Waals surface area contributed by atoms with E-state index in [9.17, 15) is 5.11 Å². The molecule has 0 aromatic heterocycles. The first-order chi connectivity index (χ1) is 6.65. The quantitative estimate of drug-likeness (QED) is 0.770. The van der Waals surface area contributed by atoms with E-state index in [0.717, 1.165) is 24.1 Å². The second-order valence-corrected chi connectivity index (χ2v) is 3.74. The zero-order valence-electron chi connectivity index (χ0n) is 9.17. The number of nitrogens with one attached hydrogen (secondary N) is 1. The molecular weight excluding hydrogens is 174 g/mol. The maximum absolute atomic E-state index is 9.72. The molecule has 14 heavy (non-hydrogen) atoms. The minimum absolute atomic E-state index is 0.218. The fraction of sp³-hybridized carbons (Fsp3) is 0.500. The first-order valence-electron chi connectivity index (χ1n) is 5.18. The molecule has 0 spiro atoms. The molecular formula is C12H19NO. The molecule has 0 aliphatic carbocycles. The van der Waals surface area contributed by atoms with Gasteiger partial charge in [-0.25, -0.2) is 0 Å². The van der Waals surface area contributed by atoms with E-state index in [4.69, 9.17) is 0 Å². The molecule has 1 rings (SSSR count). The van der Waals surface area contributed by atoms with Crippen LogP contribution < -0.4 is 5.32 Å². The van der Waals surface area contributed by atoms with Crippen LogP contribution in [-0.4, -0.2) is 11.7 Å². The van der Waals surface area contributed by atoms with Crippen LogP contribution in [0.1, 0.15) is 37.4 Å². The third-order valence-corrected chi connectivity index (χ3v) is 2.35. The monoisotopic (exact) mass is 193 g/mol. The van der Waals surface area contributed by atoms with E-state index in [-0.39, 0.29) is 6.04 Å². The lowest BCUT2D eigenvalue weighted by atomic mass is 10.1. The van der Waals surface area contributed by atoms with Crippen LogP contribution in [0.5, 0.6) is 5.75 Å². The van der Waals surface area contributed by atoms with Gasteiger partial charge in [-0.1, -0.05) is 19.1 Å².